The molecule has 574 valence electrons. The molecule has 0 N–H and O–H groups in total. The third kappa shape index (κ3) is 21.6. The Hall–Kier alpha value is -4.38. The van der Waals surface area contributed by atoms with Crippen molar-refractivity contribution in [2.24, 2.45) is 35.5 Å². The number of thiazole rings is 2. The lowest BCUT2D eigenvalue weighted by molar-refractivity contribution is -0.124. The van der Waals surface area contributed by atoms with E-state index in [4.69, 9.17) is 9.97 Å². The van der Waals surface area contributed by atoms with E-state index in [9.17, 15) is 0 Å². The predicted molar refractivity (Wildman–Crippen MR) is 473 cm³/mol. The van der Waals surface area contributed by atoms with Crippen LogP contribution in [0.2, 0.25) is 0 Å². The highest BCUT2D eigenvalue weighted by molar-refractivity contribution is 7.29. The summed E-state index contributed by atoms with van der Waals surface area (Å²) in [5.74, 6) is 3.63. The molecule has 106 heavy (non-hydrogen) atoms. The molecular formula is C92H126N4O2S8. The summed E-state index contributed by atoms with van der Waals surface area (Å²) >= 11 is 14.9. The monoisotopic (exact) mass is 1570 g/mol. The van der Waals surface area contributed by atoms with Gasteiger partial charge < -0.3 is 9.80 Å². The number of aryl methyl sites for hydroxylation is 2. The summed E-state index contributed by atoms with van der Waals surface area (Å²) in [6.45, 7) is 28.8. The molecule has 0 fully saturated rings. The van der Waals surface area contributed by atoms with E-state index < -0.39 is 0 Å². The molecule has 0 saturated heterocycles. The summed E-state index contributed by atoms with van der Waals surface area (Å²) in [5.41, 5.74) is 7.37. The zero-order valence-corrected chi connectivity index (χ0v) is 73.3. The van der Waals surface area contributed by atoms with E-state index in [-0.39, 0.29) is 11.8 Å². The molecule has 10 heterocycles. The van der Waals surface area contributed by atoms with E-state index in [2.05, 4.69) is 156 Å². The summed E-state index contributed by atoms with van der Waals surface area (Å²) in [6.07, 6.45) is 43.2. The fraction of sp³-hybridized carbons (Fsp3) is 0.587. The van der Waals surface area contributed by atoms with Gasteiger partial charge in [-0.1, -0.05) is 262 Å². The van der Waals surface area contributed by atoms with E-state index >= 15 is 9.59 Å². The highest BCUT2D eigenvalue weighted by atomic mass is 32.1. The van der Waals surface area contributed by atoms with Crippen molar-refractivity contribution in [1.29, 1.82) is 0 Å². The molecule has 2 aliphatic rings. The van der Waals surface area contributed by atoms with Gasteiger partial charge in [-0.2, -0.15) is 0 Å². The maximum absolute atomic E-state index is 15.6. The van der Waals surface area contributed by atoms with Gasteiger partial charge in [-0.3, -0.25) is 9.59 Å². The summed E-state index contributed by atoms with van der Waals surface area (Å²) < 4.78 is 2.42. The SMILES string of the molecule is CCCCCCCCC(CCCCCC)Cc1ccc(-c2nc3c(-c4ccc(-c5ccc(C6=C7C(=O)N(CCC(C)CCCC(C)C)C(c8ccc(C)s8)=C7C(=O)N6CCC(C)CCCC(C)C)s5)s4)c4sc(-c5ccc(CC(CCCCCC)CCCCCCCC)s5)nc4c(-c4ccc(C)s4)c3s2)s1. The Morgan fingerprint density at radius 3 is 1.08 bits per heavy atom. The average molecular weight is 1580 g/mol. The van der Waals surface area contributed by atoms with Crippen LogP contribution in [0.4, 0.5) is 0 Å². The molecule has 0 radical (unpaired) electrons. The van der Waals surface area contributed by atoms with Crippen LogP contribution < -0.4 is 0 Å². The van der Waals surface area contributed by atoms with Crippen LogP contribution >= 0.6 is 90.7 Å². The number of fused-ring (bicyclic) bond motifs is 3. The third-order valence-corrected chi connectivity index (χ3v) is 31.6. The molecule has 11 rings (SSSR count). The lowest BCUT2D eigenvalue weighted by Crippen LogP contribution is -2.31. The van der Waals surface area contributed by atoms with Crippen molar-refractivity contribution in [2.75, 3.05) is 13.1 Å². The Kier molecular flexibility index (Phi) is 32.1. The zero-order valence-electron chi connectivity index (χ0n) is 66.7. The number of benzene rings is 1. The van der Waals surface area contributed by atoms with Crippen molar-refractivity contribution < 1.29 is 9.59 Å². The van der Waals surface area contributed by atoms with Gasteiger partial charge >= 0.3 is 0 Å². The van der Waals surface area contributed by atoms with Crippen molar-refractivity contribution in [2.45, 2.75) is 301 Å². The second kappa shape index (κ2) is 41.2. The Labute approximate surface area is 671 Å². The maximum Gasteiger partial charge on any atom is 0.261 e. The van der Waals surface area contributed by atoms with E-state index in [1.165, 1.54) is 244 Å². The Bertz CT molecular complexity index is 4170. The number of nitrogens with zero attached hydrogens (tertiary/aromatic N) is 4. The lowest BCUT2D eigenvalue weighted by Gasteiger charge is -2.26. The number of amides is 2. The summed E-state index contributed by atoms with van der Waals surface area (Å²) in [6, 6.07) is 27.7. The normalized spacial score (nSPS) is 14.8. The van der Waals surface area contributed by atoms with Crippen molar-refractivity contribution in [3.63, 3.8) is 0 Å². The molecule has 4 unspecified atom stereocenters. The van der Waals surface area contributed by atoms with Gasteiger partial charge in [-0.05, 0) is 148 Å². The van der Waals surface area contributed by atoms with Crippen LogP contribution in [0.5, 0.6) is 0 Å². The van der Waals surface area contributed by atoms with Crippen molar-refractivity contribution >= 4 is 134 Å². The van der Waals surface area contributed by atoms with E-state index in [1.807, 2.05) is 77.8 Å². The minimum atomic E-state index is -0.0242. The minimum absolute atomic E-state index is 0.0242. The third-order valence-electron chi connectivity index (χ3n) is 22.5. The molecule has 2 amide bonds. The first kappa shape index (κ1) is 82.6. The van der Waals surface area contributed by atoms with Crippen LogP contribution in [0.3, 0.4) is 0 Å². The Morgan fingerprint density at radius 1 is 0.330 bits per heavy atom. The number of carbonyl (C=O) groups excluding carboxylic acids is 2. The van der Waals surface area contributed by atoms with Crippen molar-refractivity contribution in [3.8, 4) is 50.4 Å². The highest BCUT2D eigenvalue weighted by Gasteiger charge is 2.49. The topological polar surface area (TPSA) is 66.4 Å². The van der Waals surface area contributed by atoms with Crippen molar-refractivity contribution in [3.05, 3.63) is 113 Å². The Morgan fingerprint density at radius 2 is 0.670 bits per heavy atom. The van der Waals surface area contributed by atoms with Gasteiger partial charge in [0.05, 0.1) is 62.5 Å². The molecule has 0 aliphatic carbocycles. The van der Waals surface area contributed by atoms with Crippen LogP contribution in [0.25, 0.3) is 82.2 Å². The second-order valence-corrected chi connectivity index (χ2v) is 41.7. The van der Waals surface area contributed by atoms with E-state index in [0.29, 0.717) is 59.7 Å². The molecule has 8 aromatic heterocycles. The number of hydrogen-bond donors (Lipinski definition) is 0. The van der Waals surface area contributed by atoms with Gasteiger partial charge in [0.1, 0.15) is 10.0 Å². The second-order valence-electron chi connectivity index (χ2n) is 32.6. The number of aromatic nitrogens is 2. The molecule has 4 atom stereocenters. The van der Waals surface area contributed by atoms with Crippen LogP contribution in [0, 0.1) is 49.4 Å². The molecule has 0 spiro atoms. The number of hydrogen-bond acceptors (Lipinski definition) is 12. The summed E-state index contributed by atoms with van der Waals surface area (Å²) in [4.78, 5) is 61.8. The number of thiophene rings is 6. The standard InChI is InChI=1S/C92H126N4O2S8/c1-13-17-21-25-27-31-41-67(39-29-23-19-15-3)59-69-45-49-77(101-69)89-93-83-79(73-47-43-65(11)99-73)87-84(94-90(105-87)78-50-46-70(102-78)60-68(40-30-24-20-16-4)42-32-28-26-22-18-14-2)80(88(83)106-89)74-53-51-71(103-74)72-52-54-76(104-72)86-82-81(91(97)96(86)58-56-64(10)38-34-36-62(7)8)85(75-48-44-66(12)100-75)95(92(82)98)57-55-63(9)37-33-35-61(5)6/h43-54,61-64,67-68H,13-42,55-60H2,1-12H3. The first-order chi connectivity index (χ1) is 51.5. The fourth-order valence-corrected chi connectivity index (χ4v) is 25.0. The van der Waals surface area contributed by atoms with Gasteiger partial charge in [0, 0.05) is 63.2 Å². The molecule has 1 aromatic carbocycles. The quantitative estimate of drug-likeness (QED) is 0.0356. The number of carbonyl (C=O) groups is 2. The maximum atomic E-state index is 15.6. The molecular weight excluding hydrogens is 1450 g/mol. The molecule has 14 heteroatoms. The molecule has 0 saturated carbocycles. The zero-order chi connectivity index (χ0) is 74.6. The predicted octanol–water partition coefficient (Wildman–Crippen LogP) is 31.5. The first-order valence-corrected chi connectivity index (χ1v) is 48.5. The summed E-state index contributed by atoms with van der Waals surface area (Å²) in [7, 11) is 0. The van der Waals surface area contributed by atoms with Gasteiger partial charge in [-0.25, -0.2) is 9.97 Å². The largest absolute Gasteiger partial charge is 0.306 e. The molecule has 9 aromatic rings. The molecule has 6 nitrogen and oxygen atoms in total. The Balaban J connectivity index is 0.992. The van der Waals surface area contributed by atoms with Gasteiger partial charge in [-0.15, -0.1) is 90.7 Å². The fourth-order valence-electron chi connectivity index (χ4n) is 16.2. The number of unbranched alkanes of at least 4 members (excludes halogenated alkanes) is 16. The van der Waals surface area contributed by atoms with Gasteiger partial charge in [0.15, 0.2) is 0 Å². The van der Waals surface area contributed by atoms with Crippen molar-refractivity contribution in [1.82, 2.24) is 19.8 Å². The van der Waals surface area contributed by atoms with Gasteiger partial charge in [0.2, 0.25) is 0 Å². The number of rotatable bonds is 49. The van der Waals surface area contributed by atoms with Crippen LogP contribution in [0.15, 0.2) is 83.9 Å². The van der Waals surface area contributed by atoms with Crippen LogP contribution in [-0.4, -0.2) is 44.7 Å². The average Bonchev–Trinajstić information content (AvgIpc) is 1.56. The smallest absolute Gasteiger partial charge is 0.261 e. The lowest BCUT2D eigenvalue weighted by atomic mass is 9.91. The van der Waals surface area contributed by atoms with E-state index in [0.717, 1.165) is 85.6 Å². The minimum Gasteiger partial charge on any atom is -0.306 e. The summed E-state index contributed by atoms with van der Waals surface area (Å²) in [5, 5.41) is 2.19. The van der Waals surface area contributed by atoms with E-state index in [1.54, 1.807) is 22.7 Å². The molecule has 2 aliphatic heterocycles. The highest BCUT2D eigenvalue weighted by Crippen LogP contribution is 2.55. The van der Waals surface area contributed by atoms with Crippen LogP contribution in [-0.2, 0) is 22.4 Å². The molecule has 0 bridgehead atoms. The van der Waals surface area contributed by atoms with Gasteiger partial charge in [0.25, 0.3) is 11.8 Å². The van der Waals surface area contributed by atoms with Crippen LogP contribution in [0.1, 0.15) is 304 Å². The first-order valence-electron chi connectivity index (χ1n) is 42.0.